The maximum Gasteiger partial charge on any atom is 0.694 e. The Hall–Kier alpha value is -2.33. The minimum Gasteiger partial charge on any atom is -0.446 e. The van der Waals surface area contributed by atoms with Gasteiger partial charge in [0.1, 0.15) is 6.61 Å². The summed E-state index contributed by atoms with van der Waals surface area (Å²) in [6.45, 7) is 5.16. The van der Waals surface area contributed by atoms with Crippen molar-refractivity contribution in [3.05, 3.63) is 83.9 Å². The van der Waals surface area contributed by atoms with Crippen LogP contribution in [0.2, 0.25) is 0 Å². The first-order chi connectivity index (χ1) is 12.0. The predicted octanol–water partition coefficient (Wildman–Crippen LogP) is 4.11. The van der Waals surface area contributed by atoms with Gasteiger partial charge in [0.2, 0.25) is 0 Å². The van der Waals surface area contributed by atoms with Crippen LogP contribution in [0, 0.1) is 0 Å². The first-order valence-electron chi connectivity index (χ1n) is 7.74. The summed E-state index contributed by atoms with van der Waals surface area (Å²) in [5, 5.41) is 0. The Morgan fingerprint density at radius 1 is 1.08 bits per heavy atom. The molecule has 0 aliphatic rings. The van der Waals surface area contributed by atoms with Crippen molar-refractivity contribution in [1.29, 1.82) is 0 Å². The third kappa shape index (κ3) is 4.83. The molecule has 25 heavy (non-hydrogen) atoms. The van der Waals surface area contributed by atoms with Crippen molar-refractivity contribution in [3.63, 3.8) is 0 Å². The predicted molar refractivity (Wildman–Crippen MR) is 95.0 cm³/mol. The molecular weight excluding hydrogens is 339 g/mol. The summed E-state index contributed by atoms with van der Waals surface area (Å²) in [4.78, 5) is 21.3. The SMILES string of the molecule is C=C(C)C(=O)OC(CCO[P+](=O)O)(c1ccccc1)c1ccccc1. The average molecular weight is 359 g/mol. The number of ether oxygens (including phenoxy) is 1. The van der Waals surface area contributed by atoms with Crippen LogP contribution in [-0.2, 0) is 24.2 Å². The van der Waals surface area contributed by atoms with Crippen molar-refractivity contribution in [3.8, 4) is 0 Å². The minimum atomic E-state index is -2.73. The molecule has 0 aromatic heterocycles. The topological polar surface area (TPSA) is 72.8 Å². The lowest BCUT2D eigenvalue weighted by Crippen LogP contribution is -2.35. The van der Waals surface area contributed by atoms with Gasteiger partial charge in [0, 0.05) is 27.7 Å². The lowest BCUT2D eigenvalue weighted by molar-refractivity contribution is -0.153. The molecule has 0 radical (unpaired) electrons. The van der Waals surface area contributed by atoms with Gasteiger partial charge < -0.3 is 4.74 Å². The van der Waals surface area contributed by atoms with Crippen LogP contribution in [0.15, 0.2) is 72.8 Å². The van der Waals surface area contributed by atoms with Crippen LogP contribution < -0.4 is 0 Å². The van der Waals surface area contributed by atoms with E-state index in [2.05, 4.69) is 6.58 Å². The van der Waals surface area contributed by atoms with Gasteiger partial charge in [-0.2, -0.15) is 0 Å². The number of esters is 1. The molecule has 2 aromatic rings. The van der Waals surface area contributed by atoms with Gasteiger partial charge in [0.15, 0.2) is 5.60 Å². The molecule has 1 N–H and O–H groups in total. The van der Waals surface area contributed by atoms with Crippen LogP contribution in [0.1, 0.15) is 24.5 Å². The lowest BCUT2D eigenvalue weighted by atomic mass is 9.83. The summed E-state index contributed by atoms with van der Waals surface area (Å²) in [6, 6.07) is 18.5. The molecule has 2 aromatic carbocycles. The number of carbonyl (C=O) groups excluding carboxylic acids is 1. The second kappa shape index (κ2) is 8.67. The third-order valence-electron chi connectivity index (χ3n) is 3.75. The summed E-state index contributed by atoms with van der Waals surface area (Å²) in [5.74, 6) is -0.541. The highest BCUT2D eigenvalue weighted by molar-refractivity contribution is 7.32. The minimum absolute atomic E-state index is 0.0566. The molecule has 0 aliphatic carbocycles. The molecule has 0 bridgehead atoms. The van der Waals surface area contributed by atoms with Crippen LogP contribution in [0.25, 0.3) is 0 Å². The van der Waals surface area contributed by atoms with E-state index in [1.165, 1.54) is 0 Å². The number of hydrogen-bond acceptors (Lipinski definition) is 4. The molecular formula is C19H20O5P+. The second-order valence-electron chi connectivity index (χ2n) is 5.55. The van der Waals surface area contributed by atoms with Crippen molar-refractivity contribution in [2.24, 2.45) is 0 Å². The van der Waals surface area contributed by atoms with E-state index in [9.17, 15) is 9.36 Å². The molecule has 0 amide bonds. The monoisotopic (exact) mass is 359 g/mol. The zero-order valence-electron chi connectivity index (χ0n) is 13.9. The highest BCUT2D eigenvalue weighted by Gasteiger charge is 2.39. The second-order valence-corrected chi connectivity index (χ2v) is 6.28. The zero-order chi connectivity index (χ0) is 18.3. The summed E-state index contributed by atoms with van der Waals surface area (Å²) in [6.07, 6.45) is 0.182. The van der Waals surface area contributed by atoms with E-state index in [4.69, 9.17) is 14.2 Å². The number of rotatable bonds is 8. The van der Waals surface area contributed by atoms with Crippen LogP contribution in [0.4, 0.5) is 0 Å². The van der Waals surface area contributed by atoms with Crippen LogP contribution in [0.5, 0.6) is 0 Å². The van der Waals surface area contributed by atoms with E-state index in [0.717, 1.165) is 11.1 Å². The molecule has 5 nitrogen and oxygen atoms in total. The molecule has 1 unspecified atom stereocenters. The quantitative estimate of drug-likeness (QED) is 0.436. The van der Waals surface area contributed by atoms with Crippen LogP contribution in [-0.4, -0.2) is 17.5 Å². The lowest BCUT2D eigenvalue weighted by Gasteiger charge is -2.34. The maximum absolute atomic E-state index is 12.3. The molecule has 130 valence electrons. The maximum atomic E-state index is 12.3. The van der Waals surface area contributed by atoms with Gasteiger partial charge in [-0.25, -0.2) is 4.79 Å². The molecule has 0 heterocycles. The first kappa shape index (κ1) is 19.0. The normalized spacial score (nSPS) is 11.7. The van der Waals surface area contributed by atoms with Gasteiger partial charge in [-0.05, 0) is 6.92 Å². The van der Waals surface area contributed by atoms with Gasteiger partial charge in [-0.3, -0.25) is 0 Å². The van der Waals surface area contributed by atoms with E-state index in [0.29, 0.717) is 0 Å². The van der Waals surface area contributed by atoms with Gasteiger partial charge in [-0.1, -0.05) is 67.2 Å². The summed E-state index contributed by atoms with van der Waals surface area (Å²) >= 11 is 0. The Morgan fingerprint density at radius 3 is 1.96 bits per heavy atom. The standard InChI is InChI=1S/C19H19O5P/c1-15(2)18(20)24-19(13-14-23-25(21)22,16-9-5-3-6-10-16)17-11-7-4-8-12-17/h3-12H,1,13-14H2,2H3/p+1. The van der Waals surface area contributed by atoms with E-state index < -0.39 is 19.8 Å². The largest absolute Gasteiger partial charge is 0.694 e. The Kier molecular flexibility index (Phi) is 6.59. The Labute approximate surface area is 147 Å². The highest BCUT2D eigenvalue weighted by Crippen LogP contribution is 2.38. The Bertz CT molecular complexity index is 703. The summed E-state index contributed by atoms with van der Waals surface area (Å²) < 4.78 is 21.6. The first-order valence-corrected chi connectivity index (χ1v) is 8.87. The molecule has 6 heteroatoms. The fourth-order valence-electron chi connectivity index (χ4n) is 2.55. The van der Waals surface area contributed by atoms with Crippen molar-refractivity contribution in [2.75, 3.05) is 6.61 Å². The van der Waals surface area contributed by atoms with Gasteiger partial charge >= 0.3 is 14.2 Å². The van der Waals surface area contributed by atoms with Crippen molar-refractivity contribution in [2.45, 2.75) is 18.9 Å². The van der Waals surface area contributed by atoms with E-state index in [-0.39, 0.29) is 18.6 Å². The Morgan fingerprint density at radius 2 is 1.56 bits per heavy atom. The van der Waals surface area contributed by atoms with E-state index in [1.807, 2.05) is 60.7 Å². The van der Waals surface area contributed by atoms with Gasteiger partial charge in [0.05, 0.1) is 0 Å². The van der Waals surface area contributed by atoms with E-state index in [1.54, 1.807) is 6.92 Å². The fraction of sp³-hybridized carbons (Fsp3) is 0.211. The van der Waals surface area contributed by atoms with Crippen molar-refractivity contribution < 1.29 is 23.5 Å². The zero-order valence-corrected chi connectivity index (χ0v) is 14.8. The number of carbonyl (C=O) groups is 1. The van der Waals surface area contributed by atoms with Crippen molar-refractivity contribution in [1.82, 2.24) is 0 Å². The number of hydrogen-bond donors (Lipinski definition) is 1. The molecule has 0 saturated heterocycles. The van der Waals surface area contributed by atoms with Gasteiger partial charge in [-0.15, -0.1) is 9.42 Å². The Balaban J connectivity index is 2.53. The summed E-state index contributed by atoms with van der Waals surface area (Å²) in [5.41, 5.74) is 0.606. The van der Waals surface area contributed by atoms with Gasteiger partial charge in [0.25, 0.3) is 0 Å². The number of benzene rings is 2. The van der Waals surface area contributed by atoms with E-state index >= 15 is 0 Å². The average Bonchev–Trinajstić information content (AvgIpc) is 2.61. The molecule has 2 rings (SSSR count). The van der Waals surface area contributed by atoms with Crippen molar-refractivity contribution >= 4 is 14.2 Å². The molecule has 0 saturated carbocycles. The molecule has 0 fully saturated rings. The smallest absolute Gasteiger partial charge is 0.446 e. The molecule has 0 spiro atoms. The fourth-order valence-corrected chi connectivity index (χ4v) is 2.80. The van der Waals surface area contributed by atoms with Crippen LogP contribution in [0.3, 0.4) is 0 Å². The van der Waals surface area contributed by atoms with Crippen LogP contribution >= 0.6 is 8.25 Å². The molecule has 0 aliphatic heterocycles. The highest BCUT2D eigenvalue weighted by atomic mass is 31.1. The summed E-state index contributed by atoms with van der Waals surface area (Å²) in [7, 11) is -2.73. The third-order valence-corrected chi connectivity index (χ3v) is 4.15. The molecule has 1 atom stereocenters.